The zero-order chi connectivity index (χ0) is 18.9. The first-order chi connectivity index (χ1) is 12.3. The fourth-order valence-electron chi connectivity index (χ4n) is 3.85. The molecular weight excluding hydrogens is 330 g/mol. The Labute approximate surface area is 155 Å². The Balaban J connectivity index is 1.76. The number of piperidine rings is 2. The Hall–Kier alpha value is -2.30. The molecule has 0 N–H and O–H groups in total. The van der Waals surface area contributed by atoms with E-state index < -0.39 is 17.7 Å². The number of nitrogens with zero attached hydrogens (tertiary/aromatic N) is 1. The van der Waals surface area contributed by atoms with E-state index in [0.29, 0.717) is 0 Å². The maximum Gasteiger partial charge on any atom is 0.411 e. The number of rotatable bonds is 3. The van der Waals surface area contributed by atoms with Crippen molar-refractivity contribution in [2.24, 2.45) is 5.92 Å². The second-order valence-corrected chi connectivity index (χ2v) is 8.14. The third-order valence-corrected chi connectivity index (χ3v) is 4.96. The molecule has 3 atom stereocenters. The van der Waals surface area contributed by atoms with Gasteiger partial charge < -0.3 is 9.47 Å². The molecule has 2 saturated heterocycles. The molecule has 140 valence electrons. The fraction of sp³-hybridized carbons (Fsp3) is 0.524. The summed E-state index contributed by atoms with van der Waals surface area (Å²) in [6.45, 7) is 9.79. The number of amides is 1. The molecule has 1 saturated carbocycles. The van der Waals surface area contributed by atoms with Crippen molar-refractivity contribution in [2.45, 2.75) is 64.3 Å². The van der Waals surface area contributed by atoms with Crippen molar-refractivity contribution in [1.82, 2.24) is 4.90 Å². The first-order valence-electron chi connectivity index (χ1n) is 9.16. The molecule has 0 unspecified atom stereocenters. The monoisotopic (exact) mass is 357 g/mol. The van der Waals surface area contributed by atoms with Crippen molar-refractivity contribution in [3.63, 3.8) is 0 Å². The summed E-state index contributed by atoms with van der Waals surface area (Å²) in [7, 11) is 0. The summed E-state index contributed by atoms with van der Waals surface area (Å²) in [5.74, 6) is -0.315. The van der Waals surface area contributed by atoms with Crippen molar-refractivity contribution in [2.75, 3.05) is 0 Å². The van der Waals surface area contributed by atoms with E-state index in [9.17, 15) is 9.59 Å². The van der Waals surface area contributed by atoms with Gasteiger partial charge in [-0.15, -0.1) is 0 Å². The molecule has 1 aliphatic carbocycles. The zero-order valence-electron chi connectivity index (χ0n) is 15.7. The molecule has 5 heteroatoms. The molecule has 1 aromatic carbocycles. The highest BCUT2D eigenvalue weighted by atomic mass is 16.6. The predicted octanol–water partition coefficient (Wildman–Crippen LogP) is 4.07. The number of esters is 1. The second kappa shape index (κ2) is 7.14. The van der Waals surface area contributed by atoms with Crippen LogP contribution in [0, 0.1) is 5.92 Å². The van der Waals surface area contributed by atoms with Gasteiger partial charge >= 0.3 is 12.1 Å². The minimum atomic E-state index is -0.617. The molecule has 0 radical (unpaired) electrons. The van der Waals surface area contributed by atoms with Crippen LogP contribution in [0.4, 0.5) is 4.79 Å². The van der Waals surface area contributed by atoms with Gasteiger partial charge in [0.15, 0.2) is 0 Å². The first kappa shape index (κ1) is 18.5. The van der Waals surface area contributed by atoms with Crippen LogP contribution in [0.1, 0.15) is 45.6 Å². The van der Waals surface area contributed by atoms with Gasteiger partial charge in [0.2, 0.25) is 0 Å². The summed E-state index contributed by atoms with van der Waals surface area (Å²) in [6, 6.07) is 8.80. The van der Waals surface area contributed by atoms with Gasteiger partial charge in [0, 0.05) is 0 Å². The van der Waals surface area contributed by atoms with Crippen LogP contribution in [0.15, 0.2) is 42.5 Å². The van der Waals surface area contributed by atoms with Crippen molar-refractivity contribution in [3.8, 4) is 0 Å². The number of fused-ring (bicyclic) bond motifs is 3. The fourth-order valence-corrected chi connectivity index (χ4v) is 3.85. The Kier molecular flexibility index (Phi) is 5.08. The van der Waals surface area contributed by atoms with Gasteiger partial charge in [-0.05, 0) is 51.5 Å². The van der Waals surface area contributed by atoms with Gasteiger partial charge in [-0.25, -0.2) is 9.59 Å². The van der Waals surface area contributed by atoms with Crippen molar-refractivity contribution in [3.05, 3.63) is 48.0 Å². The summed E-state index contributed by atoms with van der Waals surface area (Å²) in [5, 5.41) is 0. The second-order valence-electron chi connectivity index (χ2n) is 8.14. The Morgan fingerprint density at radius 2 is 1.88 bits per heavy atom. The number of hydrogen-bond donors (Lipinski definition) is 0. The van der Waals surface area contributed by atoms with E-state index in [1.54, 1.807) is 4.90 Å². The smallest absolute Gasteiger partial charge is 0.411 e. The van der Waals surface area contributed by atoms with Crippen LogP contribution in [0.5, 0.6) is 0 Å². The molecule has 1 amide bonds. The average Bonchev–Trinajstić information content (AvgIpc) is 2.58. The lowest BCUT2D eigenvalue weighted by Gasteiger charge is -2.50. The molecule has 3 aliphatic rings. The van der Waals surface area contributed by atoms with Gasteiger partial charge in [0.05, 0.1) is 6.04 Å². The maximum absolute atomic E-state index is 12.8. The highest BCUT2D eigenvalue weighted by Gasteiger charge is 2.51. The molecule has 3 fully saturated rings. The summed E-state index contributed by atoms with van der Waals surface area (Å²) >= 11 is 0. The third-order valence-electron chi connectivity index (χ3n) is 4.96. The first-order valence-corrected chi connectivity index (χ1v) is 9.16. The number of carbonyl (C=O) groups is 2. The number of ether oxygens (including phenoxy) is 2. The van der Waals surface area contributed by atoms with Gasteiger partial charge in [-0.3, -0.25) is 4.90 Å². The highest BCUT2D eigenvalue weighted by Crippen LogP contribution is 2.43. The molecule has 4 rings (SSSR count). The quantitative estimate of drug-likeness (QED) is 0.604. The van der Waals surface area contributed by atoms with Crippen LogP contribution in [0.3, 0.4) is 0 Å². The van der Waals surface area contributed by atoms with E-state index in [0.717, 1.165) is 30.4 Å². The molecule has 2 bridgehead atoms. The lowest BCUT2D eigenvalue weighted by Crippen LogP contribution is -2.62. The zero-order valence-corrected chi connectivity index (χ0v) is 15.7. The average molecular weight is 357 g/mol. The van der Waals surface area contributed by atoms with Crippen LogP contribution in [-0.4, -0.2) is 34.6 Å². The van der Waals surface area contributed by atoms with Gasteiger partial charge in [-0.1, -0.05) is 42.5 Å². The number of carbonyl (C=O) groups excluding carboxylic acids is 2. The van der Waals surface area contributed by atoms with Gasteiger partial charge in [0.25, 0.3) is 0 Å². The topological polar surface area (TPSA) is 55.8 Å². The standard InChI is InChI=1S/C21H27NO4/c1-14-12-16-10-11-17(14)22(20(24)26-21(2,3)4)18(16)19(23)25-13-15-8-6-5-7-9-15/h5-9,16-18H,1,10-13H2,2-4H3/t16-,17+,18-/m1/s1. The Morgan fingerprint density at radius 3 is 2.50 bits per heavy atom. The van der Waals surface area contributed by atoms with Crippen LogP contribution in [-0.2, 0) is 20.9 Å². The Morgan fingerprint density at radius 1 is 1.19 bits per heavy atom. The number of hydrogen-bond acceptors (Lipinski definition) is 4. The van der Waals surface area contributed by atoms with Crippen LogP contribution >= 0.6 is 0 Å². The molecular formula is C21H27NO4. The van der Waals surface area contributed by atoms with Gasteiger partial charge in [0.1, 0.15) is 18.2 Å². The lowest BCUT2D eigenvalue weighted by molar-refractivity contribution is -0.158. The number of benzene rings is 1. The predicted molar refractivity (Wildman–Crippen MR) is 98.4 cm³/mol. The summed E-state index contributed by atoms with van der Waals surface area (Å²) in [4.78, 5) is 27.2. The van der Waals surface area contributed by atoms with E-state index in [2.05, 4.69) is 6.58 Å². The van der Waals surface area contributed by atoms with E-state index in [1.807, 2.05) is 51.1 Å². The maximum atomic E-state index is 12.8. The largest absolute Gasteiger partial charge is 0.459 e. The minimum absolute atomic E-state index is 0.0447. The van der Waals surface area contributed by atoms with Crippen molar-refractivity contribution in [1.29, 1.82) is 0 Å². The van der Waals surface area contributed by atoms with E-state index in [4.69, 9.17) is 9.47 Å². The van der Waals surface area contributed by atoms with E-state index >= 15 is 0 Å². The molecule has 26 heavy (non-hydrogen) atoms. The molecule has 2 aliphatic heterocycles. The molecule has 0 aromatic heterocycles. The summed E-state index contributed by atoms with van der Waals surface area (Å²) in [6.07, 6.45) is 2.02. The van der Waals surface area contributed by atoms with Crippen LogP contribution in [0.25, 0.3) is 0 Å². The van der Waals surface area contributed by atoms with Crippen LogP contribution in [0.2, 0.25) is 0 Å². The SMILES string of the molecule is C=C1C[C@H]2CC[C@@H]1N(C(=O)OC(C)(C)C)[C@H]2C(=O)OCc1ccccc1. The molecule has 1 aromatic rings. The molecule has 5 nitrogen and oxygen atoms in total. The highest BCUT2D eigenvalue weighted by molar-refractivity contribution is 5.83. The lowest BCUT2D eigenvalue weighted by atomic mass is 9.72. The summed E-state index contributed by atoms with van der Waals surface area (Å²) < 4.78 is 11.1. The minimum Gasteiger partial charge on any atom is -0.459 e. The van der Waals surface area contributed by atoms with E-state index in [1.165, 1.54) is 0 Å². The normalized spacial score (nSPS) is 25.1. The third kappa shape index (κ3) is 3.92. The van der Waals surface area contributed by atoms with Gasteiger partial charge in [-0.2, -0.15) is 0 Å². The molecule has 0 spiro atoms. The van der Waals surface area contributed by atoms with Crippen molar-refractivity contribution >= 4 is 12.1 Å². The van der Waals surface area contributed by atoms with Crippen LogP contribution < -0.4 is 0 Å². The Bertz CT molecular complexity index is 692. The van der Waals surface area contributed by atoms with Crippen molar-refractivity contribution < 1.29 is 19.1 Å². The van der Waals surface area contributed by atoms with E-state index in [-0.39, 0.29) is 24.5 Å². The molecule has 2 heterocycles. The summed E-state index contributed by atoms with van der Waals surface area (Å²) in [5.41, 5.74) is 1.31.